The van der Waals surface area contributed by atoms with Gasteiger partial charge in [-0.1, -0.05) is 30.7 Å². The maximum atomic E-state index is 5.02. The molecule has 18 heavy (non-hydrogen) atoms. The molecule has 0 unspecified atom stereocenters. The first-order chi connectivity index (χ1) is 8.83. The van der Waals surface area contributed by atoms with Crippen LogP contribution in [0.15, 0.2) is 30.5 Å². The fourth-order valence-corrected chi connectivity index (χ4v) is 1.83. The minimum absolute atomic E-state index is 0.495. The van der Waals surface area contributed by atoms with Gasteiger partial charge in [-0.2, -0.15) is 0 Å². The maximum Gasteiger partial charge on any atom is 0.109 e. The van der Waals surface area contributed by atoms with Gasteiger partial charge in [-0.3, -0.25) is 0 Å². The van der Waals surface area contributed by atoms with E-state index in [4.69, 9.17) is 4.74 Å². The predicted octanol–water partition coefficient (Wildman–Crippen LogP) is 2.76. The highest BCUT2D eigenvalue weighted by molar-refractivity contribution is 5.33. The molecular weight excluding hydrogens is 226 g/mol. The summed E-state index contributed by atoms with van der Waals surface area (Å²) in [6.07, 6.45) is 5.50. The molecule has 1 heterocycles. The molecule has 2 rings (SSSR count). The van der Waals surface area contributed by atoms with Crippen LogP contribution in [0.3, 0.4) is 0 Å². The van der Waals surface area contributed by atoms with E-state index in [9.17, 15) is 0 Å². The third-order valence-electron chi connectivity index (χ3n) is 2.85. The molecule has 0 saturated heterocycles. The van der Waals surface area contributed by atoms with Gasteiger partial charge >= 0.3 is 0 Å². The second-order valence-electron chi connectivity index (χ2n) is 4.36. The summed E-state index contributed by atoms with van der Waals surface area (Å²) >= 11 is 0. The van der Waals surface area contributed by atoms with Crippen molar-refractivity contribution >= 4 is 0 Å². The number of aryl methyl sites for hydroxylation is 1. The van der Waals surface area contributed by atoms with Gasteiger partial charge in [0.05, 0.1) is 18.5 Å². The van der Waals surface area contributed by atoms with Gasteiger partial charge in [0.25, 0.3) is 0 Å². The highest BCUT2D eigenvalue weighted by atomic mass is 16.5. The van der Waals surface area contributed by atoms with E-state index in [2.05, 4.69) is 41.5 Å². The van der Waals surface area contributed by atoms with Crippen molar-refractivity contribution in [1.29, 1.82) is 0 Å². The summed E-state index contributed by atoms with van der Waals surface area (Å²) < 4.78 is 6.80. The number of benzene rings is 1. The standard InChI is InChI=1S/C14H19N3O/c1-3-4-5-12-6-8-14(9-7-12)17-10-13(11-18-2)15-16-17/h6-10H,3-5,11H2,1-2H3. The molecule has 0 saturated carbocycles. The lowest BCUT2D eigenvalue weighted by Gasteiger charge is -2.03. The maximum absolute atomic E-state index is 5.02. The number of nitrogens with zero attached hydrogens (tertiary/aromatic N) is 3. The first kappa shape index (κ1) is 12.8. The van der Waals surface area contributed by atoms with Crippen LogP contribution in [0.4, 0.5) is 0 Å². The van der Waals surface area contributed by atoms with E-state index in [1.807, 2.05) is 6.20 Å². The van der Waals surface area contributed by atoms with Crippen LogP contribution in [-0.4, -0.2) is 22.1 Å². The van der Waals surface area contributed by atoms with Gasteiger partial charge in [-0.25, -0.2) is 4.68 Å². The van der Waals surface area contributed by atoms with Crippen molar-refractivity contribution in [3.8, 4) is 5.69 Å². The molecule has 0 fully saturated rings. The molecular formula is C14H19N3O. The summed E-state index contributed by atoms with van der Waals surface area (Å²) in [5.41, 5.74) is 3.25. The van der Waals surface area contributed by atoms with Gasteiger partial charge in [0.15, 0.2) is 0 Å². The van der Waals surface area contributed by atoms with Crippen molar-refractivity contribution in [2.24, 2.45) is 0 Å². The van der Waals surface area contributed by atoms with E-state index in [1.165, 1.54) is 18.4 Å². The van der Waals surface area contributed by atoms with Gasteiger partial charge in [-0.05, 0) is 30.5 Å². The molecule has 2 aromatic rings. The van der Waals surface area contributed by atoms with Gasteiger partial charge < -0.3 is 4.74 Å². The summed E-state index contributed by atoms with van der Waals surface area (Å²) in [4.78, 5) is 0. The Bertz CT molecular complexity index is 476. The molecule has 0 amide bonds. The van der Waals surface area contributed by atoms with Crippen LogP contribution in [0.2, 0.25) is 0 Å². The van der Waals surface area contributed by atoms with Crippen LogP contribution in [0, 0.1) is 0 Å². The lowest BCUT2D eigenvalue weighted by Crippen LogP contribution is -1.95. The summed E-state index contributed by atoms with van der Waals surface area (Å²) in [5.74, 6) is 0. The molecule has 0 N–H and O–H groups in total. The number of methoxy groups -OCH3 is 1. The van der Waals surface area contributed by atoms with E-state index >= 15 is 0 Å². The zero-order chi connectivity index (χ0) is 12.8. The summed E-state index contributed by atoms with van der Waals surface area (Å²) in [7, 11) is 1.65. The first-order valence-electron chi connectivity index (χ1n) is 6.33. The highest BCUT2D eigenvalue weighted by Gasteiger charge is 2.02. The van der Waals surface area contributed by atoms with Gasteiger partial charge in [0.2, 0.25) is 0 Å². The van der Waals surface area contributed by atoms with Crippen LogP contribution in [0.1, 0.15) is 31.0 Å². The Hall–Kier alpha value is -1.68. The summed E-state index contributed by atoms with van der Waals surface area (Å²) in [5, 5.41) is 8.13. The Morgan fingerprint density at radius 2 is 2.00 bits per heavy atom. The third-order valence-corrected chi connectivity index (χ3v) is 2.85. The molecule has 0 spiro atoms. The number of hydrogen-bond donors (Lipinski definition) is 0. The minimum Gasteiger partial charge on any atom is -0.378 e. The fourth-order valence-electron chi connectivity index (χ4n) is 1.83. The second-order valence-corrected chi connectivity index (χ2v) is 4.36. The number of aromatic nitrogens is 3. The van der Waals surface area contributed by atoms with Gasteiger partial charge in [-0.15, -0.1) is 5.10 Å². The molecule has 0 aliphatic heterocycles. The van der Waals surface area contributed by atoms with Crippen LogP contribution in [0.5, 0.6) is 0 Å². The Morgan fingerprint density at radius 1 is 1.22 bits per heavy atom. The van der Waals surface area contributed by atoms with Crippen LogP contribution in [0.25, 0.3) is 5.69 Å². The van der Waals surface area contributed by atoms with Crippen molar-refractivity contribution in [1.82, 2.24) is 15.0 Å². The quantitative estimate of drug-likeness (QED) is 0.785. The fraction of sp³-hybridized carbons (Fsp3) is 0.429. The van der Waals surface area contributed by atoms with Crippen molar-refractivity contribution in [2.75, 3.05) is 7.11 Å². The zero-order valence-corrected chi connectivity index (χ0v) is 11.0. The molecule has 0 aliphatic rings. The summed E-state index contributed by atoms with van der Waals surface area (Å²) in [6, 6.07) is 8.47. The molecule has 0 bridgehead atoms. The largest absolute Gasteiger partial charge is 0.378 e. The third kappa shape index (κ3) is 3.17. The van der Waals surface area contributed by atoms with E-state index in [0.717, 1.165) is 17.8 Å². The topological polar surface area (TPSA) is 39.9 Å². The van der Waals surface area contributed by atoms with Crippen molar-refractivity contribution in [3.05, 3.63) is 41.7 Å². The summed E-state index contributed by atoms with van der Waals surface area (Å²) in [6.45, 7) is 2.70. The van der Waals surface area contributed by atoms with Crippen molar-refractivity contribution in [2.45, 2.75) is 32.8 Å². The minimum atomic E-state index is 0.495. The Kier molecular flexibility index (Phi) is 4.47. The molecule has 96 valence electrons. The molecule has 0 atom stereocenters. The molecule has 0 aliphatic carbocycles. The highest BCUT2D eigenvalue weighted by Crippen LogP contribution is 2.11. The van der Waals surface area contributed by atoms with E-state index in [-0.39, 0.29) is 0 Å². The van der Waals surface area contributed by atoms with Crippen molar-refractivity contribution < 1.29 is 4.74 Å². The van der Waals surface area contributed by atoms with Crippen LogP contribution in [-0.2, 0) is 17.8 Å². The van der Waals surface area contributed by atoms with E-state index in [1.54, 1.807) is 11.8 Å². The first-order valence-corrected chi connectivity index (χ1v) is 6.33. The SMILES string of the molecule is CCCCc1ccc(-n2cc(COC)nn2)cc1. The average molecular weight is 245 g/mol. The molecule has 4 nitrogen and oxygen atoms in total. The van der Waals surface area contributed by atoms with Crippen molar-refractivity contribution in [3.63, 3.8) is 0 Å². The second kappa shape index (κ2) is 6.31. The molecule has 1 aromatic carbocycles. The smallest absolute Gasteiger partial charge is 0.109 e. The predicted molar refractivity (Wildman–Crippen MR) is 70.7 cm³/mol. The Labute approximate surface area is 108 Å². The Balaban J connectivity index is 2.07. The lowest BCUT2D eigenvalue weighted by molar-refractivity contribution is 0.181. The van der Waals surface area contributed by atoms with Crippen LogP contribution >= 0.6 is 0 Å². The van der Waals surface area contributed by atoms with E-state index in [0.29, 0.717) is 6.61 Å². The average Bonchev–Trinajstić information content (AvgIpc) is 2.86. The zero-order valence-electron chi connectivity index (χ0n) is 11.0. The molecule has 0 radical (unpaired) electrons. The number of ether oxygens (including phenoxy) is 1. The number of hydrogen-bond acceptors (Lipinski definition) is 3. The number of unbranched alkanes of at least 4 members (excludes halogenated alkanes) is 1. The monoisotopic (exact) mass is 245 g/mol. The van der Waals surface area contributed by atoms with E-state index < -0.39 is 0 Å². The number of rotatable bonds is 6. The van der Waals surface area contributed by atoms with Crippen LogP contribution < -0.4 is 0 Å². The molecule has 4 heteroatoms. The Morgan fingerprint density at radius 3 is 2.67 bits per heavy atom. The van der Waals surface area contributed by atoms with Gasteiger partial charge in [0, 0.05) is 7.11 Å². The molecule has 1 aromatic heterocycles. The lowest BCUT2D eigenvalue weighted by atomic mass is 10.1. The normalized spacial score (nSPS) is 10.8. The van der Waals surface area contributed by atoms with Gasteiger partial charge in [0.1, 0.15) is 5.69 Å².